The van der Waals surface area contributed by atoms with E-state index in [1.165, 1.54) is 30.4 Å². The van der Waals surface area contributed by atoms with E-state index in [2.05, 4.69) is 41.9 Å². The first kappa shape index (κ1) is 22.4. The fourth-order valence-corrected chi connectivity index (χ4v) is 4.55. The molecule has 1 aliphatic rings. The molecule has 5 heteroatoms. The number of para-hydroxylation sites is 2. The number of imidazole rings is 1. The average molecular weight is 434 g/mol. The molecule has 1 amide bonds. The van der Waals surface area contributed by atoms with Gasteiger partial charge in [0.1, 0.15) is 11.6 Å². The summed E-state index contributed by atoms with van der Waals surface area (Å²) < 4.78 is 8.20. The van der Waals surface area contributed by atoms with Crippen molar-refractivity contribution >= 4 is 16.9 Å². The maximum atomic E-state index is 12.6. The average Bonchev–Trinajstić information content (AvgIpc) is 3.17. The topological polar surface area (TPSA) is 56.1 Å². The fourth-order valence-electron chi connectivity index (χ4n) is 4.55. The number of nitrogens with one attached hydrogen (secondary N) is 1. The Morgan fingerprint density at radius 1 is 1.06 bits per heavy atom. The van der Waals surface area contributed by atoms with Crippen LogP contribution in [0.25, 0.3) is 11.0 Å². The van der Waals surface area contributed by atoms with Gasteiger partial charge in [-0.15, -0.1) is 0 Å². The lowest BCUT2D eigenvalue weighted by atomic mass is 9.89. The molecule has 0 radical (unpaired) electrons. The van der Waals surface area contributed by atoms with Crippen molar-refractivity contribution in [3.8, 4) is 5.75 Å². The molecule has 170 valence electrons. The van der Waals surface area contributed by atoms with Crippen LogP contribution in [0.1, 0.15) is 61.9 Å². The zero-order valence-electron chi connectivity index (χ0n) is 19.4. The molecule has 0 unspecified atom stereocenters. The largest absolute Gasteiger partial charge is 0.494 e. The Kier molecular flexibility index (Phi) is 7.46. The number of unbranched alkanes of at least 4 members (excludes halogenated alkanes) is 1. The second-order valence-electron chi connectivity index (χ2n) is 9.02. The maximum absolute atomic E-state index is 12.6. The van der Waals surface area contributed by atoms with Gasteiger partial charge in [-0.05, 0) is 74.9 Å². The molecule has 1 heterocycles. The maximum Gasteiger partial charge on any atom is 0.223 e. The molecule has 1 N–H and O–H groups in total. The number of fused-ring (bicyclic) bond motifs is 1. The number of aryl methyl sites for hydroxylation is 3. The lowest BCUT2D eigenvalue weighted by molar-refractivity contribution is -0.126. The van der Waals surface area contributed by atoms with Gasteiger partial charge in [0.15, 0.2) is 0 Å². The molecule has 3 aromatic rings. The SMILES string of the molecule is Cc1ccc(OCCCCn2c(CNC(=O)C3CCCCC3)nc3ccccc32)cc1C. The molecule has 0 bridgehead atoms. The first-order valence-electron chi connectivity index (χ1n) is 12.0. The van der Waals surface area contributed by atoms with Crippen LogP contribution in [0.5, 0.6) is 5.75 Å². The Bertz CT molecular complexity index is 1050. The second kappa shape index (κ2) is 10.7. The van der Waals surface area contributed by atoms with E-state index in [1.54, 1.807) is 0 Å². The molecule has 0 atom stereocenters. The molecule has 2 aromatic carbocycles. The first-order chi connectivity index (χ1) is 15.6. The van der Waals surface area contributed by atoms with Crippen LogP contribution in [0.3, 0.4) is 0 Å². The van der Waals surface area contributed by atoms with E-state index in [4.69, 9.17) is 9.72 Å². The summed E-state index contributed by atoms with van der Waals surface area (Å²) in [5.41, 5.74) is 4.66. The van der Waals surface area contributed by atoms with Crippen molar-refractivity contribution in [1.29, 1.82) is 0 Å². The highest BCUT2D eigenvalue weighted by Crippen LogP contribution is 2.24. The quantitative estimate of drug-likeness (QED) is 0.440. The van der Waals surface area contributed by atoms with Gasteiger partial charge in [0.05, 0.1) is 24.2 Å². The fraction of sp³-hybridized carbons (Fsp3) is 0.481. The minimum absolute atomic E-state index is 0.170. The van der Waals surface area contributed by atoms with Crippen LogP contribution >= 0.6 is 0 Å². The molecule has 4 rings (SSSR count). The second-order valence-corrected chi connectivity index (χ2v) is 9.02. The smallest absolute Gasteiger partial charge is 0.223 e. The van der Waals surface area contributed by atoms with E-state index < -0.39 is 0 Å². The van der Waals surface area contributed by atoms with Crippen LogP contribution in [0.4, 0.5) is 0 Å². The van der Waals surface area contributed by atoms with Crippen LogP contribution < -0.4 is 10.1 Å². The molecule has 0 spiro atoms. The molecule has 0 saturated heterocycles. The standard InChI is InChI=1S/C27H35N3O2/c1-20-14-15-23(18-21(20)2)32-17-9-8-16-30-25-13-7-6-12-24(25)29-26(30)19-28-27(31)22-10-4-3-5-11-22/h6-7,12-15,18,22H,3-5,8-11,16-17,19H2,1-2H3,(H,28,31). The van der Waals surface area contributed by atoms with Crippen molar-refractivity contribution < 1.29 is 9.53 Å². The number of carbonyl (C=O) groups excluding carboxylic acids is 1. The monoisotopic (exact) mass is 433 g/mol. The third kappa shape index (κ3) is 5.50. The van der Waals surface area contributed by atoms with Gasteiger partial charge in [-0.3, -0.25) is 4.79 Å². The van der Waals surface area contributed by atoms with Crippen molar-refractivity contribution in [2.24, 2.45) is 5.92 Å². The zero-order valence-corrected chi connectivity index (χ0v) is 19.4. The predicted molar refractivity (Wildman–Crippen MR) is 129 cm³/mol. The van der Waals surface area contributed by atoms with Gasteiger partial charge < -0.3 is 14.6 Å². The van der Waals surface area contributed by atoms with Crippen molar-refractivity contribution in [1.82, 2.24) is 14.9 Å². The Hall–Kier alpha value is -2.82. The Balaban J connectivity index is 1.33. The number of nitrogens with zero attached hydrogens (tertiary/aromatic N) is 2. The molecule has 1 saturated carbocycles. The number of rotatable bonds is 9. The van der Waals surface area contributed by atoms with Crippen LogP contribution in [0.2, 0.25) is 0 Å². The summed E-state index contributed by atoms with van der Waals surface area (Å²) in [5, 5.41) is 3.16. The molecule has 32 heavy (non-hydrogen) atoms. The Morgan fingerprint density at radius 2 is 1.88 bits per heavy atom. The molecular weight excluding hydrogens is 398 g/mol. The number of amides is 1. The summed E-state index contributed by atoms with van der Waals surface area (Å²) in [5.74, 6) is 2.23. The molecule has 5 nitrogen and oxygen atoms in total. The number of carbonyl (C=O) groups is 1. The highest BCUT2D eigenvalue weighted by atomic mass is 16.5. The van der Waals surface area contributed by atoms with E-state index >= 15 is 0 Å². The van der Waals surface area contributed by atoms with Gasteiger partial charge in [-0.2, -0.15) is 0 Å². The lowest BCUT2D eigenvalue weighted by Gasteiger charge is -2.20. The van der Waals surface area contributed by atoms with Crippen molar-refractivity contribution in [2.75, 3.05) is 6.61 Å². The van der Waals surface area contributed by atoms with E-state index in [9.17, 15) is 4.79 Å². The number of hydrogen-bond acceptors (Lipinski definition) is 3. The minimum atomic E-state index is 0.170. The van der Waals surface area contributed by atoms with Gasteiger partial charge in [0.2, 0.25) is 5.91 Å². The summed E-state index contributed by atoms with van der Waals surface area (Å²) in [7, 11) is 0. The minimum Gasteiger partial charge on any atom is -0.494 e. The van der Waals surface area contributed by atoms with Crippen molar-refractivity contribution in [2.45, 2.75) is 71.9 Å². The zero-order chi connectivity index (χ0) is 22.3. The van der Waals surface area contributed by atoms with Gasteiger partial charge in [-0.25, -0.2) is 4.98 Å². The van der Waals surface area contributed by atoms with Gasteiger partial charge in [0, 0.05) is 12.5 Å². The molecule has 1 aromatic heterocycles. The van der Waals surface area contributed by atoms with E-state index in [0.29, 0.717) is 13.2 Å². The Labute approximate surface area is 191 Å². The third-order valence-corrected chi connectivity index (χ3v) is 6.65. The number of aromatic nitrogens is 2. The highest BCUT2D eigenvalue weighted by molar-refractivity contribution is 5.79. The van der Waals surface area contributed by atoms with Crippen LogP contribution in [0.15, 0.2) is 42.5 Å². The summed E-state index contributed by atoms with van der Waals surface area (Å²) in [6, 6.07) is 14.5. The summed E-state index contributed by atoms with van der Waals surface area (Å²) >= 11 is 0. The summed E-state index contributed by atoms with van der Waals surface area (Å²) in [6.07, 6.45) is 7.59. The lowest BCUT2D eigenvalue weighted by Crippen LogP contribution is -2.32. The van der Waals surface area contributed by atoms with E-state index in [-0.39, 0.29) is 11.8 Å². The van der Waals surface area contributed by atoms with Crippen molar-refractivity contribution in [3.63, 3.8) is 0 Å². The van der Waals surface area contributed by atoms with Crippen LogP contribution in [-0.4, -0.2) is 22.1 Å². The highest BCUT2D eigenvalue weighted by Gasteiger charge is 2.21. The van der Waals surface area contributed by atoms with Crippen LogP contribution in [-0.2, 0) is 17.9 Å². The van der Waals surface area contributed by atoms with Gasteiger partial charge in [-0.1, -0.05) is 37.5 Å². The number of benzene rings is 2. The number of hydrogen-bond donors (Lipinski definition) is 1. The van der Waals surface area contributed by atoms with Gasteiger partial charge >= 0.3 is 0 Å². The predicted octanol–water partition coefficient (Wildman–Crippen LogP) is 5.71. The van der Waals surface area contributed by atoms with E-state index in [1.807, 2.05) is 24.3 Å². The third-order valence-electron chi connectivity index (χ3n) is 6.65. The molecular formula is C27H35N3O2. The molecule has 1 aliphatic carbocycles. The van der Waals surface area contributed by atoms with Crippen LogP contribution in [0, 0.1) is 19.8 Å². The summed E-state index contributed by atoms with van der Waals surface area (Å²) in [4.78, 5) is 17.4. The molecule has 1 fully saturated rings. The molecule has 0 aliphatic heterocycles. The normalized spacial score (nSPS) is 14.6. The Morgan fingerprint density at radius 3 is 2.69 bits per heavy atom. The first-order valence-corrected chi connectivity index (χ1v) is 12.0. The van der Waals surface area contributed by atoms with Crippen molar-refractivity contribution in [3.05, 3.63) is 59.4 Å². The van der Waals surface area contributed by atoms with Gasteiger partial charge in [0.25, 0.3) is 0 Å². The summed E-state index contributed by atoms with van der Waals surface area (Å²) in [6.45, 7) is 6.28. The van der Waals surface area contributed by atoms with E-state index in [0.717, 1.165) is 54.8 Å². The number of ether oxygens (including phenoxy) is 1.